The summed E-state index contributed by atoms with van der Waals surface area (Å²) in [5.74, 6) is 0.760. The average molecular weight is 239 g/mol. The van der Waals surface area contributed by atoms with E-state index in [-0.39, 0.29) is 0 Å². The van der Waals surface area contributed by atoms with Crippen LogP contribution in [0.25, 0.3) is 11.0 Å². The maximum absolute atomic E-state index is 5.72. The third kappa shape index (κ3) is 2.05. The molecular formula is C14H13N3O. The highest BCUT2D eigenvalue weighted by Crippen LogP contribution is 2.20. The Balaban J connectivity index is 1.80. The Bertz CT molecular complexity index is 661. The highest BCUT2D eigenvalue weighted by Gasteiger charge is 2.04. The van der Waals surface area contributed by atoms with Gasteiger partial charge in [0.25, 0.3) is 0 Å². The van der Waals surface area contributed by atoms with Crippen LogP contribution in [0.1, 0.15) is 11.3 Å². The first kappa shape index (κ1) is 10.8. The van der Waals surface area contributed by atoms with Crippen molar-refractivity contribution >= 4 is 11.0 Å². The van der Waals surface area contributed by atoms with Gasteiger partial charge in [-0.25, -0.2) is 4.98 Å². The van der Waals surface area contributed by atoms with Crippen molar-refractivity contribution in [1.29, 1.82) is 0 Å². The first-order valence-corrected chi connectivity index (χ1v) is 5.80. The largest absolute Gasteiger partial charge is 0.487 e. The Morgan fingerprint density at radius 2 is 2.06 bits per heavy atom. The minimum absolute atomic E-state index is 0.547. The lowest BCUT2D eigenvalue weighted by Gasteiger charge is -2.05. The minimum Gasteiger partial charge on any atom is -0.487 e. The molecule has 0 unspecified atom stereocenters. The molecule has 90 valence electrons. The van der Waals surface area contributed by atoms with E-state index in [0.717, 1.165) is 28.0 Å². The maximum Gasteiger partial charge on any atom is 0.181 e. The van der Waals surface area contributed by atoms with Crippen LogP contribution in [0.5, 0.6) is 5.75 Å². The van der Waals surface area contributed by atoms with E-state index in [4.69, 9.17) is 4.74 Å². The Hall–Kier alpha value is -2.36. The van der Waals surface area contributed by atoms with E-state index in [1.165, 1.54) is 0 Å². The fourth-order valence-electron chi connectivity index (χ4n) is 1.82. The third-order valence-electron chi connectivity index (χ3n) is 2.82. The number of hydrogen-bond donors (Lipinski definition) is 1. The molecule has 1 N–H and O–H groups in total. The molecule has 0 radical (unpaired) electrons. The van der Waals surface area contributed by atoms with Crippen LogP contribution >= 0.6 is 0 Å². The highest BCUT2D eigenvalue weighted by atomic mass is 16.5. The first-order chi connectivity index (χ1) is 8.83. The molecule has 4 heteroatoms. The molecule has 0 amide bonds. The summed E-state index contributed by atoms with van der Waals surface area (Å²) in [6.07, 6.45) is 1.70. The summed E-state index contributed by atoms with van der Waals surface area (Å²) in [6.45, 7) is 2.52. The zero-order valence-electron chi connectivity index (χ0n) is 10.1. The van der Waals surface area contributed by atoms with Crippen molar-refractivity contribution in [3.05, 3.63) is 53.9 Å². The quantitative estimate of drug-likeness (QED) is 0.764. The molecule has 0 spiro atoms. The number of ether oxygens (including phenoxy) is 1. The SMILES string of the molecule is Cc1[nH]nc2ncc(OCc3ccccc3)cc12. The lowest BCUT2D eigenvalue weighted by atomic mass is 10.2. The molecule has 0 bridgehead atoms. The van der Waals surface area contributed by atoms with E-state index in [9.17, 15) is 0 Å². The lowest BCUT2D eigenvalue weighted by molar-refractivity contribution is 0.305. The number of nitrogens with zero attached hydrogens (tertiary/aromatic N) is 2. The van der Waals surface area contributed by atoms with Gasteiger partial charge in [0.1, 0.15) is 12.4 Å². The molecule has 0 aliphatic carbocycles. The van der Waals surface area contributed by atoms with Gasteiger partial charge in [0.05, 0.1) is 6.20 Å². The molecule has 1 aromatic carbocycles. The van der Waals surface area contributed by atoms with Crippen LogP contribution in [0.3, 0.4) is 0 Å². The number of rotatable bonds is 3. The second-order valence-corrected chi connectivity index (χ2v) is 4.17. The van der Waals surface area contributed by atoms with E-state index in [2.05, 4.69) is 15.2 Å². The summed E-state index contributed by atoms with van der Waals surface area (Å²) in [4.78, 5) is 4.25. The molecule has 2 heterocycles. The van der Waals surface area contributed by atoms with Gasteiger partial charge in [-0.15, -0.1) is 0 Å². The molecule has 0 fully saturated rings. The van der Waals surface area contributed by atoms with E-state index in [0.29, 0.717) is 6.61 Å². The van der Waals surface area contributed by atoms with E-state index < -0.39 is 0 Å². The van der Waals surface area contributed by atoms with E-state index in [1.54, 1.807) is 6.20 Å². The van der Waals surface area contributed by atoms with Gasteiger partial charge in [-0.1, -0.05) is 30.3 Å². The Morgan fingerprint density at radius 1 is 1.22 bits per heavy atom. The number of aromatic amines is 1. The topological polar surface area (TPSA) is 50.8 Å². The molecule has 18 heavy (non-hydrogen) atoms. The number of fused-ring (bicyclic) bond motifs is 1. The summed E-state index contributed by atoms with van der Waals surface area (Å²) < 4.78 is 5.72. The van der Waals surface area contributed by atoms with Crippen LogP contribution in [-0.4, -0.2) is 15.2 Å². The molecule has 4 nitrogen and oxygen atoms in total. The molecule has 0 saturated heterocycles. The van der Waals surface area contributed by atoms with Crippen molar-refractivity contribution in [2.75, 3.05) is 0 Å². The Labute approximate surface area is 105 Å². The highest BCUT2D eigenvalue weighted by molar-refractivity contribution is 5.78. The second kappa shape index (κ2) is 4.49. The van der Waals surface area contributed by atoms with Crippen molar-refractivity contribution < 1.29 is 4.74 Å². The molecular weight excluding hydrogens is 226 g/mol. The predicted molar refractivity (Wildman–Crippen MR) is 69.4 cm³/mol. The van der Waals surface area contributed by atoms with E-state index >= 15 is 0 Å². The Morgan fingerprint density at radius 3 is 2.89 bits per heavy atom. The van der Waals surface area contributed by atoms with Gasteiger partial charge in [0, 0.05) is 11.1 Å². The fourth-order valence-corrected chi connectivity index (χ4v) is 1.82. The van der Waals surface area contributed by atoms with Gasteiger partial charge in [0.15, 0.2) is 5.65 Å². The van der Waals surface area contributed by atoms with Gasteiger partial charge < -0.3 is 4.74 Å². The predicted octanol–water partition coefficient (Wildman–Crippen LogP) is 2.85. The van der Waals surface area contributed by atoms with Gasteiger partial charge in [-0.3, -0.25) is 5.10 Å². The van der Waals surface area contributed by atoms with Crippen LogP contribution < -0.4 is 4.74 Å². The molecule has 0 saturated carbocycles. The Kier molecular flexibility index (Phi) is 2.68. The number of H-pyrrole nitrogens is 1. The summed E-state index contributed by atoms with van der Waals surface area (Å²) in [5, 5.41) is 8.00. The van der Waals surface area contributed by atoms with Crippen molar-refractivity contribution in [2.45, 2.75) is 13.5 Å². The fraction of sp³-hybridized carbons (Fsp3) is 0.143. The van der Waals surface area contributed by atoms with Gasteiger partial charge in [0.2, 0.25) is 0 Å². The summed E-state index contributed by atoms with van der Waals surface area (Å²) >= 11 is 0. The zero-order chi connectivity index (χ0) is 12.4. The van der Waals surface area contributed by atoms with Gasteiger partial charge in [-0.05, 0) is 18.6 Å². The zero-order valence-corrected chi connectivity index (χ0v) is 10.1. The van der Waals surface area contributed by atoms with Crippen molar-refractivity contribution in [3.8, 4) is 5.75 Å². The monoisotopic (exact) mass is 239 g/mol. The lowest BCUT2D eigenvalue weighted by Crippen LogP contribution is -1.95. The summed E-state index contributed by atoms with van der Waals surface area (Å²) in [6, 6.07) is 12.0. The number of aromatic nitrogens is 3. The summed E-state index contributed by atoms with van der Waals surface area (Å²) in [7, 11) is 0. The van der Waals surface area contributed by atoms with Crippen molar-refractivity contribution in [2.24, 2.45) is 0 Å². The van der Waals surface area contributed by atoms with E-state index in [1.807, 2.05) is 43.3 Å². The number of aryl methyl sites for hydroxylation is 1. The normalized spacial score (nSPS) is 10.7. The van der Waals surface area contributed by atoms with Crippen LogP contribution in [-0.2, 0) is 6.61 Å². The maximum atomic E-state index is 5.72. The number of hydrogen-bond acceptors (Lipinski definition) is 3. The molecule has 3 rings (SSSR count). The summed E-state index contributed by atoms with van der Waals surface area (Å²) in [5.41, 5.74) is 2.86. The van der Waals surface area contributed by atoms with Crippen LogP contribution in [0.15, 0.2) is 42.6 Å². The standard InChI is InChI=1S/C14H13N3O/c1-10-13-7-12(8-15-14(13)17-16-10)18-9-11-5-3-2-4-6-11/h2-8H,9H2,1H3,(H,15,16,17). The smallest absolute Gasteiger partial charge is 0.181 e. The number of nitrogens with one attached hydrogen (secondary N) is 1. The third-order valence-corrected chi connectivity index (χ3v) is 2.82. The van der Waals surface area contributed by atoms with Gasteiger partial charge >= 0.3 is 0 Å². The van der Waals surface area contributed by atoms with Crippen molar-refractivity contribution in [3.63, 3.8) is 0 Å². The average Bonchev–Trinajstić information content (AvgIpc) is 2.79. The molecule has 0 aliphatic heterocycles. The molecule has 0 atom stereocenters. The number of pyridine rings is 1. The van der Waals surface area contributed by atoms with Gasteiger partial charge in [-0.2, -0.15) is 5.10 Å². The van der Waals surface area contributed by atoms with Crippen LogP contribution in [0, 0.1) is 6.92 Å². The van der Waals surface area contributed by atoms with Crippen LogP contribution in [0.4, 0.5) is 0 Å². The minimum atomic E-state index is 0.547. The van der Waals surface area contributed by atoms with Crippen molar-refractivity contribution in [1.82, 2.24) is 15.2 Å². The molecule has 0 aliphatic rings. The van der Waals surface area contributed by atoms with Crippen LogP contribution in [0.2, 0.25) is 0 Å². The molecule has 3 aromatic rings. The first-order valence-electron chi connectivity index (χ1n) is 5.80. The second-order valence-electron chi connectivity index (χ2n) is 4.17. The molecule has 2 aromatic heterocycles. The number of benzene rings is 1.